The summed E-state index contributed by atoms with van der Waals surface area (Å²) in [5.74, 6) is -0.340. The fourth-order valence-electron chi connectivity index (χ4n) is 1.26. The van der Waals surface area contributed by atoms with Crippen molar-refractivity contribution in [3.63, 3.8) is 0 Å². The second-order valence-corrected chi connectivity index (χ2v) is 3.17. The Morgan fingerprint density at radius 3 is 2.92 bits per heavy atom. The summed E-state index contributed by atoms with van der Waals surface area (Å²) in [6.45, 7) is 4.45. The first kappa shape index (κ1) is 9.26. The maximum absolute atomic E-state index is 11.1. The Balaban J connectivity index is 2.55. The monoisotopic (exact) mass is 187 g/mol. The van der Waals surface area contributed by atoms with Crippen LogP contribution < -0.4 is 0 Å². The van der Waals surface area contributed by atoms with Crippen LogP contribution in [-0.2, 0) is 9.59 Å². The molecule has 3 nitrogen and oxygen atoms in total. The zero-order chi connectivity index (χ0) is 9.14. The zero-order valence-electron chi connectivity index (χ0n) is 6.62. The van der Waals surface area contributed by atoms with Gasteiger partial charge in [-0.3, -0.25) is 9.59 Å². The highest BCUT2D eigenvalue weighted by atomic mass is 35.5. The lowest BCUT2D eigenvalue weighted by Crippen LogP contribution is -2.25. The van der Waals surface area contributed by atoms with Crippen LogP contribution in [0.15, 0.2) is 12.7 Å². The molecule has 1 rings (SSSR count). The van der Waals surface area contributed by atoms with Gasteiger partial charge >= 0.3 is 0 Å². The summed E-state index contributed by atoms with van der Waals surface area (Å²) in [6.07, 6.45) is 1.88. The highest BCUT2D eigenvalue weighted by molar-refractivity contribution is 6.64. The first-order valence-corrected chi connectivity index (χ1v) is 4.11. The molecule has 0 aromatic heterocycles. The van der Waals surface area contributed by atoms with Gasteiger partial charge in [-0.05, 0) is 11.6 Å². The summed E-state index contributed by atoms with van der Waals surface area (Å²) in [5, 5.41) is -0.421. The van der Waals surface area contributed by atoms with E-state index in [2.05, 4.69) is 6.58 Å². The number of hydrogen-bond donors (Lipinski definition) is 0. The molecule has 1 heterocycles. The van der Waals surface area contributed by atoms with Crippen molar-refractivity contribution in [2.75, 3.05) is 13.1 Å². The Hall–Kier alpha value is -0.830. The molecule has 1 aliphatic heterocycles. The van der Waals surface area contributed by atoms with E-state index >= 15 is 0 Å². The quantitative estimate of drug-likeness (QED) is 0.484. The van der Waals surface area contributed by atoms with Gasteiger partial charge < -0.3 is 4.90 Å². The topological polar surface area (TPSA) is 37.4 Å². The second-order valence-electron chi connectivity index (χ2n) is 2.79. The van der Waals surface area contributed by atoms with E-state index in [9.17, 15) is 9.59 Å². The molecule has 1 atom stereocenters. The van der Waals surface area contributed by atoms with Gasteiger partial charge in [0.1, 0.15) is 0 Å². The largest absolute Gasteiger partial charge is 0.338 e. The zero-order valence-corrected chi connectivity index (χ0v) is 7.38. The van der Waals surface area contributed by atoms with E-state index in [0.717, 1.165) is 0 Å². The van der Waals surface area contributed by atoms with E-state index in [-0.39, 0.29) is 18.2 Å². The summed E-state index contributed by atoms with van der Waals surface area (Å²) in [6, 6.07) is 0. The molecule has 0 aliphatic carbocycles. The molecule has 1 amide bonds. The minimum absolute atomic E-state index is 0.0195. The number of carbonyl (C=O) groups excluding carboxylic acids is 2. The Bertz CT molecular complexity index is 227. The van der Waals surface area contributed by atoms with E-state index in [0.29, 0.717) is 13.1 Å². The van der Waals surface area contributed by atoms with Gasteiger partial charge in [0.25, 0.3) is 0 Å². The van der Waals surface area contributed by atoms with E-state index < -0.39 is 5.24 Å². The van der Waals surface area contributed by atoms with Crippen LogP contribution in [0.4, 0.5) is 0 Å². The van der Waals surface area contributed by atoms with Gasteiger partial charge in [0.2, 0.25) is 11.1 Å². The normalized spacial score (nSPS) is 22.9. The van der Waals surface area contributed by atoms with Crippen molar-refractivity contribution in [2.24, 2.45) is 5.92 Å². The lowest BCUT2D eigenvalue weighted by Gasteiger charge is -2.12. The van der Waals surface area contributed by atoms with Crippen LogP contribution in [0.1, 0.15) is 6.42 Å². The number of hydrogen-bond acceptors (Lipinski definition) is 2. The van der Waals surface area contributed by atoms with Crippen molar-refractivity contribution in [1.29, 1.82) is 0 Å². The van der Waals surface area contributed by atoms with Gasteiger partial charge in [0, 0.05) is 19.5 Å². The van der Waals surface area contributed by atoms with Crippen LogP contribution >= 0.6 is 11.6 Å². The summed E-state index contributed by atoms with van der Waals surface area (Å²) >= 11 is 5.27. The van der Waals surface area contributed by atoms with Crippen LogP contribution in [0, 0.1) is 5.92 Å². The maximum Gasteiger partial charge on any atom is 0.227 e. The first-order valence-electron chi connectivity index (χ1n) is 3.73. The maximum atomic E-state index is 11.1. The van der Waals surface area contributed by atoms with Gasteiger partial charge in [-0.25, -0.2) is 0 Å². The number of carbonyl (C=O) groups is 2. The summed E-state index contributed by atoms with van der Waals surface area (Å²) < 4.78 is 0. The fraction of sp³-hybridized carbons (Fsp3) is 0.500. The van der Waals surface area contributed by atoms with Crippen LogP contribution in [-0.4, -0.2) is 29.1 Å². The van der Waals surface area contributed by atoms with Crippen LogP contribution in [0.25, 0.3) is 0 Å². The van der Waals surface area contributed by atoms with Crippen molar-refractivity contribution < 1.29 is 9.59 Å². The first-order chi connectivity index (χ1) is 5.65. The Kier molecular flexibility index (Phi) is 2.87. The molecule has 0 aromatic carbocycles. The third-order valence-corrected chi connectivity index (χ3v) is 2.19. The lowest BCUT2D eigenvalue weighted by molar-refractivity contribution is -0.127. The molecule has 0 saturated carbocycles. The van der Waals surface area contributed by atoms with Gasteiger partial charge in [-0.2, -0.15) is 0 Å². The van der Waals surface area contributed by atoms with E-state index in [1.165, 1.54) is 0 Å². The second kappa shape index (κ2) is 3.72. The molecule has 66 valence electrons. The smallest absolute Gasteiger partial charge is 0.227 e. The molecule has 1 saturated heterocycles. The molecule has 0 unspecified atom stereocenters. The van der Waals surface area contributed by atoms with Gasteiger partial charge in [0.15, 0.2) is 0 Å². The lowest BCUT2D eigenvalue weighted by atomic mass is 10.1. The van der Waals surface area contributed by atoms with Crippen LogP contribution in [0.5, 0.6) is 0 Å². The Labute approximate surface area is 76.0 Å². The molecule has 0 bridgehead atoms. The molecule has 1 fully saturated rings. The van der Waals surface area contributed by atoms with Crippen molar-refractivity contribution in [3.8, 4) is 0 Å². The third kappa shape index (κ3) is 1.85. The summed E-state index contributed by atoms with van der Waals surface area (Å²) in [5.41, 5.74) is 0. The van der Waals surface area contributed by atoms with Gasteiger partial charge in [-0.1, -0.05) is 6.08 Å². The van der Waals surface area contributed by atoms with Gasteiger partial charge in [0.05, 0.1) is 5.92 Å². The van der Waals surface area contributed by atoms with Crippen molar-refractivity contribution in [2.45, 2.75) is 6.42 Å². The predicted molar refractivity (Wildman–Crippen MR) is 45.7 cm³/mol. The molecule has 0 radical (unpaired) electrons. The number of amides is 1. The fourth-order valence-corrected chi connectivity index (χ4v) is 1.40. The molecule has 12 heavy (non-hydrogen) atoms. The van der Waals surface area contributed by atoms with Crippen molar-refractivity contribution in [3.05, 3.63) is 12.7 Å². The minimum Gasteiger partial charge on any atom is -0.338 e. The van der Waals surface area contributed by atoms with E-state index in [1.54, 1.807) is 11.0 Å². The predicted octanol–water partition coefficient (Wildman–Crippen LogP) is 0.786. The van der Waals surface area contributed by atoms with Crippen molar-refractivity contribution in [1.82, 2.24) is 4.90 Å². The summed E-state index contributed by atoms with van der Waals surface area (Å²) in [7, 11) is 0. The molecular weight excluding hydrogens is 178 g/mol. The molecule has 4 heteroatoms. The Morgan fingerprint density at radius 1 is 1.83 bits per heavy atom. The third-order valence-electron chi connectivity index (χ3n) is 1.88. The average Bonchev–Trinajstić information content (AvgIpc) is 2.34. The molecule has 0 spiro atoms. The highest BCUT2D eigenvalue weighted by Gasteiger charge is 2.32. The van der Waals surface area contributed by atoms with Gasteiger partial charge in [-0.15, -0.1) is 6.58 Å². The number of nitrogens with zero attached hydrogens (tertiary/aromatic N) is 1. The minimum atomic E-state index is -0.421. The molecular formula is C8H10ClNO2. The van der Waals surface area contributed by atoms with E-state index in [1.807, 2.05) is 0 Å². The summed E-state index contributed by atoms with van der Waals surface area (Å²) in [4.78, 5) is 23.4. The molecule has 0 aromatic rings. The van der Waals surface area contributed by atoms with E-state index in [4.69, 9.17) is 11.6 Å². The van der Waals surface area contributed by atoms with Crippen LogP contribution in [0.2, 0.25) is 0 Å². The standard InChI is InChI=1S/C8H10ClNO2/c1-2-3-10-5-6(8(9)12)4-7(10)11/h2,6H,1,3-5H2/t6-/m1/s1. The van der Waals surface area contributed by atoms with Crippen LogP contribution in [0.3, 0.4) is 0 Å². The Morgan fingerprint density at radius 2 is 2.50 bits per heavy atom. The molecule has 0 N–H and O–H groups in total. The number of rotatable bonds is 3. The van der Waals surface area contributed by atoms with Crippen molar-refractivity contribution >= 4 is 22.8 Å². The average molecular weight is 188 g/mol. The SMILES string of the molecule is C=CCN1C[C@H](C(=O)Cl)CC1=O. The molecule has 1 aliphatic rings. The number of likely N-dealkylation sites (tertiary alicyclic amines) is 1. The highest BCUT2D eigenvalue weighted by Crippen LogP contribution is 2.19. The number of halogens is 1.